The number of rotatable bonds is 5. The van der Waals surface area contributed by atoms with Gasteiger partial charge in [-0.2, -0.15) is 5.10 Å². The first kappa shape index (κ1) is 17.0. The van der Waals surface area contributed by atoms with Gasteiger partial charge in [-0.15, -0.1) is 11.8 Å². The number of aromatic nitrogens is 2. The second-order valence-corrected chi connectivity index (χ2v) is 9.10. The first-order valence-electron chi connectivity index (χ1n) is 7.67. The number of amides is 1. The minimum absolute atomic E-state index is 0.0791. The van der Waals surface area contributed by atoms with E-state index in [-0.39, 0.29) is 29.2 Å². The largest absolute Gasteiger partial charge is 0.310 e. The summed E-state index contributed by atoms with van der Waals surface area (Å²) in [6.07, 6.45) is 0.533. The van der Waals surface area contributed by atoms with Crippen molar-refractivity contribution in [3.8, 4) is 0 Å². The maximum atomic E-state index is 12.2. The van der Waals surface area contributed by atoms with E-state index < -0.39 is 9.84 Å². The standard InChI is InChI=1S/C16H19N3O3S2/c1-12-9-15(19(18-12)13-7-8-24(21,22)11-13)17-16(20)10-23-14-5-3-2-4-6-14/h2-6,9,13H,7-8,10-11H2,1H3,(H,17,20)/t13-/m1/s1. The quantitative estimate of drug-likeness (QED) is 0.822. The first-order chi connectivity index (χ1) is 11.4. The van der Waals surface area contributed by atoms with Crippen molar-refractivity contribution in [1.82, 2.24) is 9.78 Å². The van der Waals surface area contributed by atoms with Crippen LogP contribution in [0.15, 0.2) is 41.3 Å². The molecule has 1 saturated heterocycles. The molecule has 1 aromatic heterocycles. The Kier molecular flexibility index (Phi) is 4.96. The third kappa shape index (κ3) is 4.18. The zero-order chi connectivity index (χ0) is 17.2. The number of nitrogens with one attached hydrogen (secondary N) is 1. The van der Waals surface area contributed by atoms with Crippen molar-refractivity contribution < 1.29 is 13.2 Å². The number of thioether (sulfide) groups is 1. The summed E-state index contributed by atoms with van der Waals surface area (Å²) in [4.78, 5) is 13.2. The van der Waals surface area contributed by atoms with Crippen LogP contribution in [0.2, 0.25) is 0 Å². The molecule has 0 radical (unpaired) electrons. The summed E-state index contributed by atoms with van der Waals surface area (Å²) in [6.45, 7) is 1.83. The Morgan fingerprint density at radius 2 is 2.12 bits per heavy atom. The molecular formula is C16H19N3O3S2. The van der Waals surface area contributed by atoms with Crippen molar-refractivity contribution >= 4 is 33.3 Å². The molecule has 8 heteroatoms. The Morgan fingerprint density at radius 3 is 2.79 bits per heavy atom. The van der Waals surface area contributed by atoms with Crippen molar-refractivity contribution in [3.63, 3.8) is 0 Å². The fraction of sp³-hybridized carbons (Fsp3) is 0.375. The van der Waals surface area contributed by atoms with E-state index in [0.717, 1.165) is 10.6 Å². The molecule has 1 amide bonds. The lowest BCUT2D eigenvalue weighted by atomic mass is 10.3. The maximum absolute atomic E-state index is 12.2. The van der Waals surface area contributed by atoms with Crippen molar-refractivity contribution in [3.05, 3.63) is 42.1 Å². The number of carbonyl (C=O) groups is 1. The highest BCUT2D eigenvalue weighted by Crippen LogP contribution is 2.27. The number of nitrogens with zero attached hydrogens (tertiary/aromatic N) is 2. The second kappa shape index (κ2) is 6.98. The molecule has 1 aromatic carbocycles. The summed E-state index contributed by atoms with van der Waals surface area (Å²) in [5.41, 5.74) is 0.755. The molecule has 24 heavy (non-hydrogen) atoms. The van der Waals surface area contributed by atoms with Crippen LogP contribution in [-0.2, 0) is 14.6 Å². The van der Waals surface area contributed by atoms with Gasteiger partial charge in [0.1, 0.15) is 5.82 Å². The van der Waals surface area contributed by atoms with E-state index in [4.69, 9.17) is 0 Å². The first-order valence-corrected chi connectivity index (χ1v) is 10.5. The molecule has 1 fully saturated rings. The van der Waals surface area contributed by atoms with Crippen molar-refractivity contribution in [1.29, 1.82) is 0 Å². The van der Waals surface area contributed by atoms with Gasteiger partial charge in [0, 0.05) is 11.0 Å². The highest BCUT2D eigenvalue weighted by atomic mass is 32.2. The van der Waals surface area contributed by atoms with Gasteiger partial charge in [-0.05, 0) is 25.5 Å². The molecule has 0 bridgehead atoms. The van der Waals surface area contributed by atoms with Crippen LogP contribution in [0.3, 0.4) is 0 Å². The number of sulfone groups is 1. The molecule has 1 aliphatic heterocycles. The van der Waals surface area contributed by atoms with E-state index >= 15 is 0 Å². The molecule has 3 rings (SSSR count). The summed E-state index contributed by atoms with van der Waals surface area (Å²) in [6, 6.07) is 11.3. The summed E-state index contributed by atoms with van der Waals surface area (Å²) in [7, 11) is -3.00. The van der Waals surface area contributed by atoms with E-state index in [9.17, 15) is 13.2 Å². The summed E-state index contributed by atoms with van der Waals surface area (Å²) >= 11 is 1.45. The van der Waals surface area contributed by atoms with E-state index in [2.05, 4.69) is 10.4 Å². The SMILES string of the molecule is Cc1cc(NC(=O)CSc2ccccc2)n([C@@H]2CCS(=O)(=O)C2)n1. The maximum Gasteiger partial charge on any atom is 0.235 e. The number of carbonyl (C=O) groups excluding carboxylic acids is 1. The zero-order valence-corrected chi connectivity index (χ0v) is 14.9. The summed E-state index contributed by atoms with van der Waals surface area (Å²) < 4.78 is 25.0. The van der Waals surface area contributed by atoms with Gasteiger partial charge in [-0.25, -0.2) is 13.1 Å². The van der Waals surface area contributed by atoms with Gasteiger partial charge in [0.05, 0.1) is 29.0 Å². The van der Waals surface area contributed by atoms with Crippen LogP contribution in [0.1, 0.15) is 18.2 Å². The second-order valence-electron chi connectivity index (χ2n) is 5.82. The molecular weight excluding hydrogens is 346 g/mol. The number of hydrogen-bond acceptors (Lipinski definition) is 5. The van der Waals surface area contributed by atoms with Crippen LogP contribution < -0.4 is 5.32 Å². The molecule has 0 spiro atoms. The Hall–Kier alpha value is -1.80. The fourth-order valence-corrected chi connectivity index (χ4v) is 5.11. The van der Waals surface area contributed by atoms with Crippen LogP contribution >= 0.6 is 11.8 Å². The molecule has 0 unspecified atom stereocenters. The Bertz CT molecular complexity index is 832. The van der Waals surface area contributed by atoms with Gasteiger partial charge in [0.15, 0.2) is 9.84 Å². The number of anilines is 1. The summed E-state index contributed by atoms with van der Waals surface area (Å²) in [5, 5.41) is 7.21. The Balaban J connectivity index is 1.66. The highest BCUT2D eigenvalue weighted by Gasteiger charge is 2.31. The predicted octanol–water partition coefficient (Wildman–Crippen LogP) is 2.28. The molecule has 2 heterocycles. The lowest BCUT2D eigenvalue weighted by molar-refractivity contribution is -0.113. The van der Waals surface area contributed by atoms with Crippen LogP contribution in [0.25, 0.3) is 0 Å². The lowest BCUT2D eigenvalue weighted by Gasteiger charge is -2.13. The topological polar surface area (TPSA) is 81.1 Å². The van der Waals surface area contributed by atoms with Crippen LogP contribution in [0.5, 0.6) is 0 Å². The van der Waals surface area contributed by atoms with Gasteiger partial charge in [0.25, 0.3) is 0 Å². The van der Waals surface area contributed by atoms with E-state index in [1.807, 2.05) is 37.3 Å². The molecule has 1 N–H and O–H groups in total. The Morgan fingerprint density at radius 1 is 1.38 bits per heavy atom. The normalized spacial score (nSPS) is 19.3. The molecule has 2 aromatic rings. The lowest BCUT2D eigenvalue weighted by Crippen LogP contribution is -2.20. The highest BCUT2D eigenvalue weighted by molar-refractivity contribution is 8.00. The van der Waals surface area contributed by atoms with E-state index in [0.29, 0.717) is 12.2 Å². The molecule has 128 valence electrons. The molecule has 0 aliphatic carbocycles. The number of hydrogen-bond donors (Lipinski definition) is 1. The van der Waals surface area contributed by atoms with E-state index in [1.54, 1.807) is 10.7 Å². The Labute approximate surface area is 145 Å². The van der Waals surface area contributed by atoms with Crippen LogP contribution in [-0.4, -0.2) is 41.4 Å². The van der Waals surface area contributed by atoms with Crippen LogP contribution in [0, 0.1) is 6.92 Å². The third-order valence-electron chi connectivity index (χ3n) is 3.79. The predicted molar refractivity (Wildman–Crippen MR) is 95.1 cm³/mol. The number of benzene rings is 1. The molecule has 1 atom stereocenters. The number of aryl methyl sites for hydroxylation is 1. The minimum Gasteiger partial charge on any atom is -0.310 e. The molecule has 1 aliphatic rings. The van der Waals surface area contributed by atoms with E-state index in [1.165, 1.54) is 11.8 Å². The zero-order valence-electron chi connectivity index (χ0n) is 13.3. The smallest absolute Gasteiger partial charge is 0.235 e. The van der Waals surface area contributed by atoms with Crippen LogP contribution in [0.4, 0.5) is 5.82 Å². The monoisotopic (exact) mass is 365 g/mol. The van der Waals surface area contributed by atoms with Gasteiger partial charge in [0.2, 0.25) is 5.91 Å². The van der Waals surface area contributed by atoms with Gasteiger partial charge in [-0.3, -0.25) is 4.79 Å². The molecule has 0 saturated carbocycles. The minimum atomic E-state index is -3.00. The van der Waals surface area contributed by atoms with Crippen molar-refractivity contribution in [2.45, 2.75) is 24.3 Å². The third-order valence-corrected chi connectivity index (χ3v) is 6.56. The average Bonchev–Trinajstić information content (AvgIpc) is 3.08. The van der Waals surface area contributed by atoms with Gasteiger partial charge in [-0.1, -0.05) is 18.2 Å². The van der Waals surface area contributed by atoms with Crippen molar-refractivity contribution in [2.24, 2.45) is 0 Å². The van der Waals surface area contributed by atoms with Gasteiger partial charge < -0.3 is 5.32 Å². The molecule has 6 nitrogen and oxygen atoms in total. The fourth-order valence-electron chi connectivity index (χ4n) is 2.70. The van der Waals surface area contributed by atoms with Gasteiger partial charge >= 0.3 is 0 Å². The average molecular weight is 365 g/mol. The van der Waals surface area contributed by atoms with Crippen molar-refractivity contribution in [2.75, 3.05) is 22.6 Å². The summed E-state index contributed by atoms with van der Waals surface area (Å²) in [5.74, 6) is 0.972.